The maximum Gasteiger partial charge on any atom is 0.197 e. The molecule has 0 fully saturated rings. The van der Waals surface area contributed by atoms with Crippen LogP contribution in [0.25, 0.3) is 17.2 Å². The molecule has 1 aliphatic heterocycles. The molecule has 2 aliphatic rings. The number of ketones is 2. The highest BCUT2D eigenvalue weighted by Gasteiger charge is 2.40. The van der Waals surface area contributed by atoms with Crippen molar-refractivity contribution in [1.29, 1.82) is 0 Å². The molecule has 0 saturated carbocycles. The molecule has 0 saturated heterocycles. The van der Waals surface area contributed by atoms with Crippen LogP contribution in [0.15, 0.2) is 90.5 Å². The lowest BCUT2D eigenvalue weighted by Crippen LogP contribution is -2.29. The second kappa shape index (κ2) is 9.75. The molecule has 1 aliphatic carbocycles. The van der Waals surface area contributed by atoms with Crippen molar-refractivity contribution >= 4 is 45.4 Å². The molecule has 0 unspecified atom stereocenters. The van der Waals surface area contributed by atoms with Crippen LogP contribution in [0.4, 0.5) is 16.4 Å². The van der Waals surface area contributed by atoms with E-state index in [2.05, 4.69) is 100 Å². The summed E-state index contributed by atoms with van der Waals surface area (Å²) in [7, 11) is 0. The zero-order valence-corrected chi connectivity index (χ0v) is 26.1. The molecule has 4 heteroatoms. The monoisotopic (exact) mass is 579 g/mol. The van der Waals surface area contributed by atoms with Crippen LogP contribution in [0, 0.1) is 27.7 Å². The van der Waals surface area contributed by atoms with Crippen molar-refractivity contribution in [2.45, 2.75) is 47.0 Å². The Morgan fingerprint density at radius 1 is 0.698 bits per heavy atom. The first-order valence-electron chi connectivity index (χ1n) is 14.7. The van der Waals surface area contributed by atoms with E-state index in [1.165, 1.54) is 38.9 Å². The number of para-hydroxylation sites is 1. The van der Waals surface area contributed by atoms with Crippen LogP contribution in [-0.4, -0.2) is 11.6 Å². The minimum Gasteiger partial charge on any atom is -0.301 e. The first kappa shape index (κ1) is 27.3. The maximum absolute atomic E-state index is 13.4. The summed E-state index contributed by atoms with van der Waals surface area (Å²) in [6.07, 6.45) is 1.80. The van der Waals surface area contributed by atoms with Crippen molar-refractivity contribution in [3.8, 4) is 11.1 Å². The van der Waals surface area contributed by atoms with Gasteiger partial charge in [0.2, 0.25) is 0 Å². The van der Waals surface area contributed by atoms with Gasteiger partial charge in [0.25, 0.3) is 0 Å². The largest absolute Gasteiger partial charge is 0.301 e. The topological polar surface area (TPSA) is 37.4 Å². The van der Waals surface area contributed by atoms with Gasteiger partial charge in [0.1, 0.15) is 5.00 Å². The van der Waals surface area contributed by atoms with Gasteiger partial charge in [-0.3, -0.25) is 9.59 Å². The maximum atomic E-state index is 13.4. The molecule has 212 valence electrons. The normalized spacial score (nSPS) is 16.0. The second-order valence-corrected chi connectivity index (χ2v) is 13.5. The number of carbonyl (C=O) groups is 2. The van der Waals surface area contributed by atoms with Gasteiger partial charge >= 0.3 is 0 Å². The van der Waals surface area contributed by atoms with E-state index in [1.807, 2.05) is 25.1 Å². The molecule has 43 heavy (non-hydrogen) atoms. The quantitative estimate of drug-likeness (QED) is 0.158. The number of hydrogen-bond donors (Lipinski definition) is 0. The van der Waals surface area contributed by atoms with E-state index >= 15 is 0 Å². The van der Waals surface area contributed by atoms with Crippen molar-refractivity contribution in [3.05, 3.63) is 140 Å². The third kappa shape index (κ3) is 4.24. The van der Waals surface area contributed by atoms with Crippen molar-refractivity contribution in [2.75, 3.05) is 4.90 Å². The lowest BCUT2D eigenvalue weighted by atomic mass is 9.74. The molecule has 0 atom stereocenters. The molecule has 0 bridgehead atoms. The summed E-state index contributed by atoms with van der Waals surface area (Å²) >= 11 is 1.63. The summed E-state index contributed by atoms with van der Waals surface area (Å²) in [6.45, 7) is 13.0. The Labute approximate surface area is 257 Å². The Bertz CT molecular complexity index is 2000. The number of rotatable bonds is 3. The van der Waals surface area contributed by atoms with Crippen molar-refractivity contribution < 1.29 is 9.59 Å². The minimum absolute atomic E-state index is 0.189. The molecular weight excluding hydrogens is 547 g/mol. The average Bonchev–Trinajstić information content (AvgIpc) is 3.49. The van der Waals surface area contributed by atoms with Crippen LogP contribution in [0.1, 0.15) is 72.8 Å². The van der Waals surface area contributed by atoms with Gasteiger partial charge in [-0.05, 0) is 104 Å². The van der Waals surface area contributed by atoms with Gasteiger partial charge in [0.05, 0.1) is 11.3 Å². The second-order valence-electron chi connectivity index (χ2n) is 12.4. The molecule has 0 amide bonds. The third-order valence-corrected chi connectivity index (χ3v) is 10.0. The summed E-state index contributed by atoms with van der Waals surface area (Å²) in [5.74, 6) is -0.381. The van der Waals surface area contributed by atoms with Crippen LogP contribution >= 0.6 is 11.3 Å². The highest BCUT2D eigenvalue weighted by Crippen LogP contribution is 2.56. The molecule has 0 spiro atoms. The zero-order chi connectivity index (χ0) is 30.2. The fourth-order valence-corrected chi connectivity index (χ4v) is 8.20. The molecule has 1 aromatic heterocycles. The first-order valence-corrected chi connectivity index (χ1v) is 15.5. The summed E-state index contributed by atoms with van der Waals surface area (Å²) in [5.41, 5.74) is 12.9. The van der Waals surface area contributed by atoms with Crippen LogP contribution in [-0.2, 0) is 5.41 Å². The standard InChI is InChI=1S/C39H33NO2S/c1-22-12-14-29-30(18-22)37(42)31(36(29)41)20-28-21-33-38(43-28)40(27-10-8-7-9-11-27)34-15-13-26(19-32(34)39(33,5)6)35-24(3)16-23(2)17-25(35)4/h7-21H,1-6H3/b31-20+. The third-order valence-electron chi connectivity index (χ3n) is 8.94. The van der Waals surface area contributed by atoms with Crippen molar-refractivity contribution in [3.63, 3.8) is 0 Å². The minimum atomic E-state index is -0.310. The Morgan fingerprint density at radius 2 is 1.40 bits per heavy atom. The van der Waals surface area contributed by atoms with E-state index in [4.69, 9.17) is 0 Å². The number of allylic oxidation sites excluding steroid dienone is 1. The van der Waals surface area contributed by atoms with Crippen LogP contribution in [0.5, 0.6) is 0 Å². The summed E-state index contributed by atoms with van der Waals surface area (Å²) in [4.78, 5) is 29.9. The number of anilines is 3. The van der Waals surface area contributed by atoms with E-state index in [0.717, 1.165) is 26.8 Å². The predicted molar refractivity (Wildman–Crippen MR) is 179 cm³/mol. The van der Waals surface area contributed by atoms with Gasteiger partial charge in [-0.2, -0.15) is 0 Å². The zero-order valence-electron chi connectivity index (χ0n) is 25.3. The molecule has 0 N–H and O–H groups in total. The molecule has 0 radical (unpaired) electrons. The molecule has 7 rings (SSSR count). The molecule has 4 aromatic carbocycles. The number of fused-ring (bicyclic) bond motifs is 3. The van der Waals surface area contributed by atoms with Crippen LogP contribution in [0.2, 0.25) is 0 Å². The lowest BCUT2D eigenvalue weighted by Gasteiger charge is -2.40. The van der Waals surface area contributed by atoms with Gasteiger partial charge < -0.3 is 4.90 Å². The summed E-state index contributed by atoms with van der Waals surface area (Å²) in [5, 5.41) is 1.11. The first-order chi connectivity index (χ1) is 20.5. The number of hydrogen-bond acceptors (Lipinski definition) is 4. The van der Waals surface area contributed by atoms with E-state index in [0.29, 0.717) is 11.1 Å². The fourth-order valence-electron chi connectivity index (χ4n) is 6.91. The van der Waals surface area contributed by atoms with Crippen LogP contribution < -0.4 is 4.90 Å². The lowest BCUT2D eigenvalue weighted by molar-refractivity contribution is 0.0990. The molecule has 3 nitrogen and oxygen atoms in total. The Balaban J connectivity index is 1.40. The van der Waals surface area contributed by atoms with Crippen molar-refractivity contribution in [2.24, 2.45) is 0 Å². The smallest absolute Gasteiger partial charge is 0.197 e. The van der Waals surface area contributed by atoms with Gasteiger partial charge in [0.15, 0.2) is 11.6 Å². The highest BCUT2D eigenvalue weighted by molar-refractivity contribution is 7.17. The van der Waals surface area contributed by atoms with E-state index < -0.39 is 0 Å². The number of Topliss-reactive ketones (excluding diaryl/α,β-unsaturated/α-hetero) is 2. The average molecular weight is 580 g/mol. The van der Waals surface area contributed by atoms with E-state index in [9.17, 15) is 9.59 Å². The Hall–Kier alpha value is -4.54. The van der Waals surface area contributed by atoms with E-state index in [1.54, 1.807) is 23.5 Å². The van der Waals surface area contributed by atoms with Gasteiger partial charge in [-0.1, -0.05) is 73.5 Å². The Morgan fingerprint density at radius 3 is 2.12 bits per heavy atom. The summed E-state index contributed by atoms with van der Waals surface area (Å²) in [6, 6.07) is 29.5. The van der Waals surface area contributed by atoms with E-state index in [-0.39, 0.29) is 22.6 Å². The predicted octanol–water partition coefficient (Wildman–Crippen LogP) is 10.2. The van der Waals surface area contributed by atoms with Gasteiger partial charge in [-0.15, -0.1) is 11.3 Å². The highest BCUT2D eigenvalue weighted by atomic mass is 32.1. The van der Waals surface area contributed by atoms with Crippen LogP contribution in [0.3, 0.4) is 0 Å². The number of nitrogens with zero attached hydrogens (tertiary/aromatic N) is 1. The molecular formula is C39H33NO2S. The number of carbonyl (C=O) groups excluding carboxylic acids is 2. The summed E-state index contributed by atoms with van der Waals surface area (Å²) < 4.78 is 0. The fraction of sp³-hybridized carbons (Fsp3) is 0.179. The number of benzene rings is 4. The van der Waals surface area contributed by atoms with Crippen molar-refractivity contribution in [1.82, 2.24) is 0 Å². The molecule has 5 aromatic rings. The Kier molecular flexibility index (Phi) is 6.19. The number of thiophene rings is 1. The SMILES string of the molecule is Cc1cc(C)c(-c2ccc3c(c2)C(C)(C)c2cc(/C=C4\C(=O)c5ccc(C)cc5C4=O)sc2N3c2ccccc2)c(C)c1. The van der Waals surface area contributed by atoms with Gasteiger partial charge in [-0.25, -0.2) is 0 Å². The van der Waals surface area contributed by atoms with Gasteiger partial charge in [0, 0.05) is 27.1 Å². The number of aryl methyl sites for hydroxylation is 4. The molecule has 2 heterocycles.